The van der Waals surface area contributed by atoms with Crippen LogP contribution in [0.2, 0.25) is 0 Å². The monoisotopic (exact) mass is 756 g/mol. The Kier molecular flexibility index (Phi) is 7.41. The third-order valence-corrected chi connectivity index (χ3v) is 14.0. The lowest BCUT2D eigenvalue weighted by Gasteiger charge is -2.35. The molecule has 0 fully saturated rings. The molecule has 3 aliphatic rings. The van der Waals surface area contributed by atoms with Crippen LogP contribution in [0.3, 0.4) is 0 Å². The summed E-state index contributed by atoms with van der Waals surface area (Å²) >= 11 is 0. The molecule has 59 heavy (non-hydrogen) atoms. The second-order valence-corrected chi connectivity index (χ2v) is 17.3. The van der Waals surface area contributed by atoms with E-state index in [4.69, 9.17) is 0 Å². The van der Waals surface area contributed by atoms with E-state index in [9.17, 15) is 0 Å². The van der Waals surface area contributed by atoms with E-state index in [2.05, 4.69) is 223 Å². The normalized spacial score (nSPS) is 20.6. The Balaban J connectivity index is 1.08. The molecule has 0 N–H and O–H groups in total. The number of fused-ring (bicyclic) bond motifs is 9. The first-order valence-corrected chi connectivity index (χ1v) is 21.1. The van der Waals surface area contributed by atoms with Crippen molar-refractivity contribution in [3.8, 4) is 33.6 Å². The Morgan fingerprint density at radius 1 is 0.475 bits per heavy atom. The molecule has 12 rings (SSSR count). The first kappa shape index (κ1) is 34.2. The molecule has 3 atom stereocenters. The van der Waals surface area contributed by atoms with Gasteiger partial charge in [0.2, 0.25) is 0 Å². The highest BCUT2D eigenvalue weighted by molar-refractivity contribution is 6.14. The minimum Gasteiger partial charge on any atom is -0.309 e. The number of rotatable bonds is 5. The molecule has 3 unspecified atom stereocenters. The SMILES string of the molecule is CC1(c2ccc(-n3c4ccc(-c5ccc6c(c5)c5ccccc5n6-c5ccccc5)cc4c4cc5c(cc43)C(C)(C3C=CC=CC3)c3ccccc3-5)cc2)C=CC=CC1. The Labute approximate surface area is 345 Å². The molecule has 282 valence electrons. The number of para-hydroxylation sites is 2. The van der Waals surface area contributed by atoms with Gasteiger partial charge in [0, 0.05) is 43.7 Å². The molecule has 0 spiro atoms. The predicted molar refractivity (Wildman–Crippen MR) is 249 cm³/mol. The van der Waals surface area contributed by atoms with Crippen molar-refractivity contribution in [3.63, 3.8) is 0 Å². The van der Waals surface area contributed by atoms with E-state index in [0.717, 1.165) is 12.8 Å². The van der Waals surface area contributed by atoms with Crippen LogP contribution in [0.25, 0.3) is 77.2 Å². The summed E-state index contributed by atoms with van der Waals surface area (Å²) in [6.45, 7) is 4.83. The Bertz CT molecular complexity index is 3290. The first-order chi connectivity index (χ1) is 29.0. The van der Waals surface area contributed by atoms with E-state index in [1.54, 1.807) is 0 Å². The van der Waals surface area contributed by atoms with Crippen molar-refractivity contribution in [1.82, 2.24) is 9.13 Å². The molecular formula is C57H44N2. The average molecular weight is 757 g/mol. The summed E-state index contributed by atoms with van der Waals surface area (Å²) in [5.41, 5.74) is 16.5. The second-order valence-electron chi connectivity index (χ2n) is 17.3. The van der Waals surface area contributed by atoms with E-state index in [1.165, 1.54) is 93.9 Å². The second kappa shape index (κ2) is 12.8. The molecule has 0 radical (unpaired) electrons. The maximum atomic E-state index is 2.55. The Morgan fingerprint density at radius 3 is 1.86 bits per heavy atom. The molecule has 3 aliphatic carbocycles. The van der Waals surface area contributed by atoms with Gasteiger partial charge in [0.1, 0.15) is 0 Å². The maximum absolute atomic E-state index is 2.55. The number of aromatic nitrogens is 2. The summed E-state index contributed by atoms with van der Waals surface area (Å²) in [6.07, 6.45) is 20.2. The summed E-state index contributed by atoms with van der Waals surface area (Å²) < 4.78 is 4.91. The van der Waals surface area contributed by atoms with Crippen LogP contribution in [-0.4, -0.2) is 9.13 Å². The minimum atomic E-state index is -0.151. The zero-order valence-electron chi connectivity index (χ0n) is 33.4. The fourth-order valence-corrected chi connectivity index (χ4v) is 10.8. The average Bonchev–Trinajstić information content (AvgIpc) is 3.89. The van der Waals surface area contributed by atoms with Crippen molar-refractivity contribution in [1.29, 1.82) is 0 Å². The van der Waals surface area contributed by atoms with Gasteiger partial charge in [-0.25, -0.2) is 0 Å². The largest absolute Gasteiger partial charge is 0.309 e. The lowest BCUT2D eigenvalue weighted by Crippen LogP contribution is -2.30. The predicted octanol–water partition coefficient (Wildman–Crippen LogP) is 14.7. The van der Waals surface area contributed by atoms with E-state index in [-0.39, 0.29) is 10.8 Å². The van der Waals surface area contributed by atoms with Gasteiger partial charge in [0.25, 0.3) is 0 Å². The molecule has 0 bridgehead atoms. The zero-order chi connectivity index (χ0) is 39.3. The van der Waals surface area contributed by atoms with Crippen LogP contribution >= 0.6 is 0 Å². The van der Waals surface area contributed by atoms with Crippen molar-refractivity contribution in [2.45, 2.75) is 37.5 Å². The molecule has 0 saturated carbocycles. The highest BCUT2D eigenvalue weighted by Gasteiger charge is 2.44. The van der Waals surface area contributed by atoms with Crippen LogP contribution in [0.5, 0.6) is 0 Å². The summed E-state index contributed by atoms with van der Waals surface area (Å²) in [6, 6.07) is 57.2. The van der Waals surface area contributed by atoms with Crippen LogP contribution in [-0.2, 0) is 10.8 Å². The molecular weight excluding hydrogens is 713 g/mol. The third kappa shape index (κ3) is 4.99. The third-order valence-electron chi connectivity index (χ3n) is 14.0. The smallest absolute Gasteiger partial charge is 0.0544 e. The molecule has 2 heteroatoms. The lowest BCUT2D eigenvalue weighted by molar-refractivity contribution is 0.425. The van der Waals surface area contributed by atoms with Crippen LogP contribution in [0, 0.1) is 5.92 Å². The standard InChI is InChI=1S/C57H44N2/c1-56(32-14-5-15-33-56)40-26-28-43(29-27-40)59-54-31-25-39(38-24-30-53-47(34-38)45-21-11-13-23-52(45)58(53)42-18-8-4-9-19-42)35-48(54)49-36-46-44-20-10-12-22-50(44)57(2,51(46)37-55(49)59)41-16-6-3-7-17-41/h3-16,18-32,34-37,41H,17,33H2,1-2H3. The number of benzene rings is 7. The molecule has 7 aromatic carbocycles. The van der Waals surface area contributed by atoms with E-state index >= 15 is 0 Å². The van der Waals surface area contributed by atoms with E-state index in [1.807, 2.05) is 0 Å². The van der Waals surface area contributed by atoms with Crippen LogP contribution < -0.4 is 0 Å². The van der Waals surface area contributed by atoms with Crippen molar-refractivity contribution >= 4 is 43.6 Å². The summed E-state index contributed by atoms with van der Waals surface area (Å²) in [4.78, 5) is 0. The van der Waals surface area contributed by atoms with Gasteiger partial charge in [-0.3, -0.25) is 0 Å². The number of hydrogen-bond donors (Lipinski definition) is 0. The zero-order valence-corrected chi connectivity index (χ0v) is 33.4. The molecule has 2 heterocycles. The summed E-state index contributed by atoms with van der Waals surface area (Å²) in [5, 5.41) is 5.09. The number of hydrogen-bond acceptors (Lipinski definition) is 0. The van der Waals surface area contributed by atoms with Crippen molar-refractivity contribution in [2.24, 2.45) is 5.92 Å². The molecule has 0 aliphatic heterocycles. The first-order valence-electron chi connectivity index (χ1n) is 21.1. The molecule has 2 nitrogen and oxygen atoms in total. The number of nitrogens with zero attached hydrogens (tertiary/aromatic N) is 2. The van der Waals surface area contributed by atoms with Gasteiger partial charge in [-0.2, -0.15) is 0 Å². The van der Waals surface area contributed by atoms with Crippen molar-refractivity contribution in [3.05, 3.63) is 217 Å². The van der Waals surface area contributed by atoms with Gasteiger partial charge in [0.05, 0.1) is 22.1 Å². The van der Waals surface area contributed by atoms with Crippen LogP contribution in [0.15, 0.2) is 200 Å². The summed E-state index contributed by atoms with van der Waals surface area (Å²) in [7, 11) is 0. The Morgan fingerprint density at radius 2 is 1.12 bits per heavy atom. The Hall–Kier alpha value is -6.90. The molecule has 2 aromatic heterocycles. The van der Waals surface area contributed by atoms with Gasteiger partial charge < -0.3 is 9.13 Å². The van der Waals surface area contributed by atoms with E-state index < -0.39 is 0 Å². The molecule has 0 saturated heterocycles. The quantitative estimate of drug-likeness (QED) is 0.165. The van der Waals surface area contributed by atoms with Gasteiger partial charge in [0.15, 0.2) is 0 Å². The van der Waals surface area contributed by atoms with Gasteiger partial charge in [-0.05, 0) is 124 Å². The van der Waals surface area contributed by atoms with Gasteiger partial charge >= 0.3 is 0 Å². The fraction of sp³-hybridized carbons (Fsp3) is 0.123. The molecule has 9 aromatic rings. The topological polar surface area (TPSA) is 9.86 Å². The van der Waals surface area contributed by atoms with Gasteiger partial charge in [-0.1, -0.05) is 147 Å². The lowest BCUT2D eigenvalue weighted by atomic mass is 9.68. The van der Waals surface area contributed by atoms with Gasteiger partial charge in [-0.15, -0.1) is 0 Å². The fourth-order valence-electron chi connectivity index (χ4n) is 10.8. The number of allylic oxidation sites excluding steroid dienone is 8. The van der Waals surface area contributed by atoms with Crippen molar-refractivity contribution < 1.29 is 0 Å². The van der Waals surface area contributed by atoms with E-state index in [0.29, 0.717) is 5.92 Å². The highest BCUT2D eigenvalue weighted by atomic mass is 15.0. The van der Waals surface area contributed by atoms with Crippen LogP contribution in [0.4, 0.5) is 0 Å². The minimum absolute atomic E-state index is 0.00607. The molecule has 0 amide bonds. The summed E-state index contributed by atoms with van der Waals surface area (Å²) in [5.74, 6) is 0.372. The van der Waals surface area contributed by atoms with Crippen LogP contribution in [0.1, 0.15) is 43.4 Å². The maximum Gasteiger partial charge on any atom is 0.0544 e. The van der Waals surface area contributed by atoms with Crippen molar-refractivity contribution in [2.75, 3.05) is 0 Å². The highest BCUT2D eigenvalue weighted by Crippen LogP contribution is 2.56.